The van der Waals surface area contributed by atoms with Gasteiger partial charge in [-0.3, -0.25) is 4.90 Å². The first-order chi connectivity index (χ1) is 13.0. The Labute approximate surface area is 158 Å². The zero-order valence-corrected chi connectivity index (χ0v) is 15.1. The number of amides is 1. The molecule has 0 radical (unpaired) electrons. The predicted molar refractivity (Wildman–Crippen MR) is 104 cm³/mol. The van der Waals surface area contributed by atoms with Crippen LogP contribution in [0.5, 0.6) is 0 Å². The Balaban J connectivity index is 1.58. The van der Waals surface area contributed by atoms with Crippen molar-refractivity contribution in [2.45, 2.75) is 18.9 Å². The van der Waals surface area contributed by atoms with E-state index in [1.54, 1.807) is 17.0 Å². The lowest BCUT2D eigenvalue weighted by Crippen LogP contribution is -2.46. The number of rotatable bonds is 3. The van der Waals surface area contributed by atoms with E-state index in [0.29, 0.717) is 13.0 Å². The Morgan fingerprint density at radius 2 is 1.67 bits per heavy atom. The molecule has 3 aromatic rings. The van der Waals surface area contributed by atoms with Crippen LogP contribution in [0.4, 0.5) is 14.9 Å². The summed E-state index contributed by atoms with van der Waals surface area (Å²) >= 11 is 0. The quantitative estimate of drug-likeness (QED) is 0.594. The summed E-state index contributed by atoms with van der Waals surface area (Å²) < 4.78 is 19.0. The number of carbonyl (C=O) groups excluding carboxylic acids is 1. The highest BCUT2D eigenvalue weighted by Crippen LogP contribution is 2.36. The summed E-state index contributed by atoms with van der Waals surface area (Å²) in [6.45, 7) is 2.52. The minimum Gasteiger partial charge on any atom is -0.438 e. The van der Waals surface area contributed by atoms with Gasteiger partial charge in [0, 0.05) is 18.7 Å². The Morgan fingerprint density at radius 1 is 0.926 bits per heavy atom. The highest BCUT2D eigenvalue weighted by atomic mass is 19.1. The van der Waals surface area contributed by atoms with Crippen molar-refractivity contribution in [3.8, 4) is 11.1 Å². The van der Waals surface area contributed by atoms with E-state index < -0.39 is 5.60 Å². The van der Waals surface area contributed by atoms with Gasteiger partial charge in [0.2, 0.25) is 0 Å². The van der Waals surface area contributed by atoms with Crippen LogP contribution in [0, 0.1) is 5.82 Å². The number of hydrogen-bond acceptors (Lipinski definition) is 2. The molecule has 0 saturated carbocycles. The summed E-state index contributed by atoms with van der Waals surface area (Å²) in [5.74, 6) is -0.269. The first-order valence-corrected chi connectivity index (χ1v) is 8.97. The minimum absolute atomic E-state index is 0.269. The third-order valence-corrected chi connectivity index (χ3v) is 5.07. The molecule has 0 N–H and O–H groups in total. The summed E-state index contributed by atoms with van der Waals surface area (Å²) in [5, 5.41) is 0. The van der Waals surface area contributed by atoms with E-state index in [1.165, 1.54) is 12.1 Å². The van der Waals surface area contributed by atoms with Crippen molar-refractivity contribution >= 4 is 11.8 Å². The molecule has 27 heavy (non-hydrogen) atoms. The number of hydrogen-bond donors (Lipinski definition) is 0. The predicted octanol–water partition coefficient (Wildman–Crippen LogP) is 5.75. The highest BCUT2D eigenvalue weighted by molar-refractivity contribution is 5.89. The maximum atomic E-state index is 13.2. The van der Waals surface area contributed by atoms with Gasteiger partial charge in [-0.2, -0.15) is 0 Å². The van der Waals surface area contributed by atoms with Crippen LogP contribution in [0.1, 0.15) is 18.9 Å². The van der Waals surface area contributed by atoms with Gasteiger partial charge in [0.15, 0.2) is 0 Å². The zero-order valence-electron chi connectivity index (χ0n) is 15.1. The second-order valence-electron chi connectivity index (χ2n) is 6.92. The van der Waals surface area contributed by atoms with Gasteiger partial charge in [-0.05, 0) is 47.9 Å². The molecule has 136 valence electrons. The Morgan fingerprint density at radius 3 is 2.37 bits per heavy atom. The molecule has 4 rings (SSSR count). The van der Waals surface area contributed by atoms with Gasteiger partial charge in [0.1, 0.15) is 11.4 Å². The summed E-state index contributed by atoms with van der Waals surface area (Å²) in [6, 6.07) is 23.8. The summed E-state index contributed by atoms with van der Waals surface area (Å²) in [4.78, 5) is 14.4. The van der Waals surface area contributed by atoms with E-state index in [9.17, 15) is 9.18 Å². The molecule has 0 unspecified atom stereocenters. The number of carbonyl (C=O) groups is 1. The van der Waals surface area contributed by atoms with Gasteiger partial charge in [0.25, 0.3) is 0 Å². The van der Waals surface area contributed by atoms with Crippen molar-refractivity contribution in [1.29, 1.82) is 0 Å². The van der Waals surface area contributed by atoms with E-state index >= 15 is 0 Å². The van der Waals surface area contributed by atoms with Crippen molar-refractivity contribution < 1.29 is 13.9 Å². The molecule has 1 atom stereocenters. The van der Waals surface area contributed by atoms with Crippen molar-refractivity contribution in [2.75, 3.05) is 11.4 Å². The van der Waals surface area contributed by atoms with Gasteiger partial charge in [-0.15, -0.1) is 0 Å². The Bertz CT molecular complexity index is 956. The SMILES string of the molecule is C[C@]1(c2ccccc2)CCN(c2cccc(-c3ccc(F)cc3)c2)C(=O)O1. The minimum atomic E-state index is -0.622. The standard InChI is InChI=1S/C23H20FNO2/c1-23(19-7-3-2-4-8-19)14-15-25(22(26)27-23)21-9-5-6-18(16-21)17-10-12-20(24)13-11-17/h2-13,16H,14-15H2,1H3/t23-/m1/s1. The molecule has 4 heteroatoms. The first-order valence-electron chi connectivity index (χ1n) is 8.97. The third-order valence-electron chi connectivity index (χ3n) is 5.07. The molecule has 0 bridgehead atoms. The van der Waals surface area contributed by atoms with Crippen molar-refractivity contribution in [2.24, 2.45) is 0 Å². The van der Waals surface area contributed by atoms with Crippen LogP contribution in [-0.4, -0.2) is 12.6 Å². The zero-order chi connectivity index (χ0) is 18.9. The van der Waals surface area contributed by atoms with Crippen LogP contribution in [0.25, 0.3) is 11.1 Å². The van der Waals surface area contributed by atoms with Crippen molar-refractivity contribution in [3.63, 3.8) is 0 Å². The van der Waals surface area contributed by atoms with Crippen LogP contribution in [0.2, 0.25) is 0 Å². The lowest BCUT2D eigenvalue weighted by Gasteiger charge is -2.39. The van der Waals surface area contributed by atoms with E-state index in [0.717, 1.165) is 22.4 Å². The molecule has 3 aromatic carbocycles. The monoisotopic (exact) mass is 361 g/mol. The number of ether oxygens (including phenoxy) is 1. The average Bonchev–Trinajstić information content (AvgIpc) is 2.69. The molecule has 0 aliphatic carbocycles. The molecular weight excluding hydrogens is 341 g/mol. The molecule has 1 aliphatic rings. The molecule has 0 aromatic heterocycles. The lowest BCUT2D eigenvalue weighted by molar-refractivity contribution is 0.00583. The second kappa shape index (κ2) is 6.88. The van der Waals surface area contributed by atoms with E-state index in [4.69, 9.17) is 4.74 Å². The fraction of sp³-hybridized carbons (Fsp3) is 0.174. The second-order valence-corrected chi connectivity index (χ2v) is 6.92. The molecule has 1 heterocycles. The summed E-state index contributed by atoms with van der Waals surface area (Å²) in [5.41, 5.74) is 2.98. The van der Waals surface area contributed by atoms with Gasteiger partial charge in [0.05, 0.1) is 0 Å². The molecule has 1 fully saturated rings. The number of benzene rings is 3. The molecule has 1 aliphatic heterocycles. The van der Waals surface area contributed by atoms with E-state index in [2.05, 4.69) is 0 Å². The normalized spacial score (nSPS) is 19.6. The third kappa shape index (κ3) is 3.43. The fourth-order valence-electron chi connectivity index (χ4n) is 3.44. The Hall–Kier alpha value is -3.14. The summed E-state index contributed by atoms with van der Waals surface area (Å²) in [7, 11) is 0. The van der Waals surface area contributed by atoms with Crippen LogP contribution in [-0.2, 0) is 10.3 Å². The van der Waals surface area contributed by atoms with Crippen LogP contribution in [0.15, 0.2) is 78.9 Å². The number of cyclic esters (lactones) is 1. The van der Waals surface area contributed by atoms with Gasteiger partial charge in [-0.25, -0.2) is 9.18 Å². The van der Waals surface area contributed by atoms with E-state index in [-0.39, 0.29) is 11.9 Å². The van der Waals surface area contributed by atoms with Crippen LogP contribution >= 0.6 is 0 Å². The Kier molecular flexibility index (Phi) is 4.40. The van der Waals surface area contributed by atoms with Gasteiger partial charge >= 0.3 is 6.09 Å². The summed E-state index contributed by atoms with van der Waals surface area (Å²) in [6.07, 6.45) is 0.340. The fourth-order valence-corrected chi connectivity index (χ4v) is 3.44. The molecule has 3 nitrogen and oxygen atoms in total. The maximum Gasteiger partial charge on any atom is 0.415 e. The van der Waals surface area contributed by atoms with Crippen molar-refractivity contribution in [3.05, 3.63) is 90.2 Å². The largest absolute Gasteiger partial charge is 0.438 e. The van der Waals surface area contributed by atoms with E-state index in [1.807, 2.05) is 61.5 Å². The lowest BCUT2D eigenvalue weighted by atomic mass is 9.91. The number of halogens is 1. The smallest absolute Gasteiger partial charge is 0.415 e. The first kappa shape index (κ1) is 17.3. The topological polar surface area (TPSA) is 29.5 Å². The highest BCUT2D eigenvalue weighted by Gasteiger charge is 2.38. The maximum absolute atomic E-state index is 13.2. The van der Waals surface area contributed by atoms with Crippen LogP contribution in [0.3, 0.4) is 0 Å². The number of nitrogens with zero attached hydrogens (tertiary/aromatic N) is 1. The van der Waals surface area contributed by atoms with Crippen molar-refractivity contribution in [1.82, 2.24) is 0 Å². The van der Waals surface area contributed by atoms with Crippen LogP contribution < -0.4 is 4.90 Å². The molecule has 1 saturated heterocycles. The number of anilines is 1. The van der Waals surface area contributed by atoms with Gasteiger partial charge < -0.3 is 4.74 Å². The molecular formula is C23H20FNO2. The molecule has 1 amide bonds. The van der Waals surface area contributed by atoms with Gasteiger partial charge in [-0.1, -0.05) is 54.6 Å². The molecule has 0 spiro atoms. The average molecular weight is 361 g/mol.